The van der Waals surface area contributed by atoms with Crippen molar-refractivity contribution in [3.8, 4) is 5.75 Å². The monoisotopic (exact) mass is 494 g/mol. The highest BCUT2D eigenvalue weighted by Gasteiger charge is 2.42. The lowest BCUT2D eigenvalue weighted by atomic mass is 9.85. The molecule has 1 N–H and O–H groups in total. The number of hydrogen-bond donors (Lipinski definition) is 1. The molecule has 0 saturated carbocycles. The molecule has 0 aromatic heterocycles. The van der Waals surface area contributed by atoms with Crippen LogP contribution in [-0.2, 0) is 33.4 Å². The predicted octanol–water partition coefficient (Wildman–Crippen LogP) is 1.83. The lowest BCUT2D eigenvalue weighted by molar-refractivity contribution is -0.155. The third-order valence-corrected chi connectivity index (χ3v) is 5.33. The van der Waals surface area contributed by atoms with E-state index in [-0.39, 0.29) is 24.3 Å². The molecule has 34 heavy (non-hydrogen) atoms. The average Bonchev–Trinajstić information content (AvgIpc) is 2.81. The fourth-order valence-electron chi connectivity index (χ4n) is 3.27. The number of allylic oxidation sites excluding steroid dienone is 2. The van der Waals surface area contributed by atoms with E-state index in [0.717, 1.165) is 14.2 Å². The van der Waals surface area contributed by atoms with Gasteiger partial charge in [0.15, 0.2) is 6.61 Å². The zero-order valence-electron chi connectivity index (χ0n) is 19.6. The van der Waals surface area contributed by atoms with E-state index >= 15 is 0 Å². The standard InChI is InChI=1S/C23H27ClN2O8/c1-13-18(21(28)31-4)20(19(14(2)25-13)22(29)32-5)23(30)34-12-17(27)26(3)10-11-33-16-8-6-15(24)7-9-16/h6-9,20,25H,10-12H2,1-5H3. The molecule has 0 unspecified atom stereocenters. The Morgan fingerprint density at radius 2 is 1.50 bits per heavy atom. The number of likely N-dealkylation sites (N-methyl/N-ethyl adjacent to an activating group) is 1. The van der Waals surface area contributed by atoms with Gasteiger partial charge in [-0.05, 0) is 38.1 Å². The molecule has 1 aromatic rings. The third kappa shape index (κ3) is 6.50. The van der Waals surface area contributed by atoms with E-state index < -0.39 is 36.3 Å². The molecule has 0 aliphatic carbocycles. The molecular formula is C23H27ClN2O8. The molecule has 0 fully saturated rings. The maximum Gasteiger partial charge on any atom is 0.336 e. The van der Waals surface area contributed by atoms with Crippen LogP contribution in [0.15, 0.2) is 46.8 Å². The fourth-order valence-corrected chi connectivity index (χ4v) is 3.40. The van der Waals surface area contributed by atoms with E-state index in [9.17, 15) is 19.2 Å². The topological polar surface area (TPSA) is 120 Å². The predicted molar refractivity (Wildman–Crippen MR) is 122 cm³/mol. The van der Waals surface area contributed by atoms with Gasteiger partial charge in [0.2, 0.25) is 0 Å². The highest BCUT2D eigenvalue weighted by Crippen LogP contribution is 2.32. The van der Waals surface area contributed by atoms with Gasteiger partial charge in [0, 0.05) is 23.5 Å². The fraction of sp³-hybridized carbons (Fsp3) is 0.391. The Balaban J connectivity index is 2.04. The minimum absolute atomic E-state index is 0.101. The molecule has 1 aliphatic heterocycles. The normalized spacial score (nSPS) is 13.7. The zero-order chi connectivity index (χ0) is 25.4. The first-order valence-electron chi connectivity index (χ1n) is 10.2. The molecule has 0 atom stereocenters. The number of esters is 3. The van der Waals surface area contributed by atoms with Gasteiger partial charge in [-0.2, -0.15) is 0 Å². The molecule has 0 bridgehead atoms. The van der Waals surface area contributed by atoms with Crippen LogP contribution in [0, 0.1) is 5.92 Å². The van der Waals surface area contributed by atoms with Crippen molar-refractivity contribution in [2.45, 2.75) is 13.8 Å². The molecule has 0 saturated heterocycles. The van der Waals surface area contributed by atoms with Crippen molar-refractivity contribution in [2.75, 3.05) is 41.0 Å². The third-order valence-electron chi connectivity index (χ3n) is 5.08. The molecule has 0 spiro atoms. The Morgan fingerprint density at radius 1 is 0.971 bits per heavy atom. The number of nitrogens with one attached hydrogen (secondary N) is 1. The van der Waals surface area contributed by atoms with Gasteiger partial charge in [-0.3, -0.25) is 9.59 Å². The van der Waals surface area contributed by atoms with Crippen LogP contribution >= 0.6 is 11.6 Å². The summed E-state index contributed by atoms with van der Waals surface area (Å²) in [5.74, 6) is -3.90. The van der Waals surface area contributed by atoms with Crippen molar-refractivity contribution in [1.82, 2.24) is 10.2 Å². The van der Waals surface area contributed by atoms with Gasteiger partial charge in [-0.1, -0.05) is 11.6 Å². The molecule has 10 nitrogen and oxygen atoms in total. The molecule has 1 aliphatic rings. The Morgan fingerprint density at radius 3 is 2.00 bits per heavy atom. The number of halogens is 1. The van der Waals surface area contributed by atoms with Crippen LogP contribution in [0.25, 0.3) is 0 Å². The van der Waals surface area contributed by atoms with E-state index in [2.05, 4.69) is 5.32 Å². The van der Waals surface area contributed by atoms with Crippen LogP contribution in [0.5, 0.6) is 5.75 Å². The maximum absolute atomic E-state index is 13.0. The Kier molecular flexibility index (Phi) is 9.49. The Bertz CT molecular complexity index is 978. The average molecular weight is 495 g/mol. The quantitative estimate of drug-likeness (QED) is 0.405. The first-order chi connectivity index (χ1) is 16.1. The molecule has 1 amide bonds. The van der Waals surface area contributed by atoms with E-state index in [0.29, 0.717) is 22.2 Å². The van der Waals surface area contributed by atoms with Crippen molar-refractivity contribution in [1.29, 1.82) is 0 Å². The summed E-state index contributed by atoms with van der Waals surface area (Å²) in [5, 5.41) is 3.45. The van der Waals surface area contributed by atoms with Gasteiger partial charge in [0.25, 0.3) is 5.91 Å². The smallest absolute Gasteiger partial charge is 0.336 e. The second kappa shape index (κ2) is 12.1. The van der Waals surface area contributed by atoms with Gasteiger partial charge in [-0.25, -0.2) is 9.59 Å². The molecular weight excluding hydrogens is 468 g/mol. The summed E-state index contributed by atoms with van der Waals surface area (Å²) in [5.41, 5.74) is 0.440. The number of carbonyl (C=O) groups is 4. The van der Waals surface area contributed by atoms with Crippen LogP contribution in [0.2, 0.25) is 5.02 Å². The number of dihydropyridines is 1. The van der Waals surface area contributed by atoms with Crippen LogP contribution in [0.4, 0.5) is 0 Å². The molecule has 11 heteroatoms. The van der Waals surface area contributed by atoms with E-state index in [1.807, 2.05) is 0 Å². The highest BCUT2D eigenvalue weighted by molar-refractivity contribution is 6.30. The molecule has 1 aromatic carbocycles. The number of rotatable bonds is 9. The first-order valence-corrected chi connectivity index (χ1v) is 10.6. The summed E-state index contributed by atoms with van der Waals surface area (Å²) >= 11 is 5.83. The van der Waals surface area contributed by atoms with Crippen molar-refractivity contribution < 1.29 is 38.1 Å². The summed E-state index contributed by atoms with van der Waals surface area (Å²) < 4.78 is 20.3. The Labute approximate surface area is 202 Å². The number of hydrogen-bond acceptors (Lipinski definition) is 9. The maximum atomic E-state index is 13.0. The van der Waals surface area contributed by atoms with Crippen molar-refractivity contribution in [2.24, 2.45) is 5.92 Å². The molecule has 1 heterocycles. The molecule has 0 radical (unpaired) electrons. The van der Waals surface area contributed by atoms with Gasteiger partial charge in [-0.15, -0.1) is 0 Å². The SMILES string of the molecule is COC(=O)C1=C(C)NC(C)=C(C(=O)OC)C1C(=O)OCC(=O)N(C)CCOc1ccc(Cl)cc1. The van der Waals surface area contributed by atoms with Crippen LogP contribution in [0.1, 0.15) is 13.8 Å². The van der Waals surface area contributed by atoms with E-state index in [1.165, 1.54) is 11.9 Å². The largest absolute Gasteiger partial charge is 0.492 e. The van der Waals surface area contributed by atoms with E-state index in [4.69, 9.17) is 30.5 Å². The first kappa shape index (κ1) is 26.7. The summed E-state index contributed by atoms with van der Waals surface area (Å²) in [7, 11) is 3.83. The van der Waals surface area contributed by atoms with Crippen molar-refractivity contribution >= 4 is 35.4 Å². The molecule has 2 rings (SSSR count). The number of ether oxygens (including phenoxy) is 4. The van der Waals surface area contributed by atoms with Crippen molar-refractivity contribution in [3.05, 3.63) is 51.8 Å². The van der Waals surface area contributed by atoms with Crippen LogP contribution in [0.3, 0.4) is 0 Å². The summed E-state index contributed by atoms with van der Waals surface area (Å²) in [6, 6.07) is 6.77. The second-order valence-electron chi connectivity index (χ2n) is 7.34. The minimum Gasteiger partial charge on any atom is -0.492 e. The number of amides is 1. The summed E-state index contributed by atoms with van der Waals surface area (Å²) in [4.78, 5) is 51.5. The van der Waals surface area contributed by atoms with Gasteiger partial charge in [0.1, 0.15) is 18.3 Å². The number of nitrogens with zero attached hydrogens (tertiary/aromatic N) is 1. The van der Waals surface area contributed by atoms with Gasteiger partial charge < -0.3 is 29.2 Å². The number of methoxy groups -OCH3 is 2. The van der Waals surface area contributed by atoms with Crippen molar-refractivity contribution in [3.63, 3.8) is 0 Å². The summed E-state index contributed by atoms with van der Waals surface area (Å²) in [6.07, 6.45) is 0. The van der Waals surface area contributed by atoms with Crippen LogP contribution in [-0.4, -0.2) is 69.7 Å². The Hall–Kier alpha value is -3.53. The van der Waals surface area contributed by atoms with E-state index in [1.54, 1.807) is 38.1 Å². The van der Waals surface area contributed by atoms with Gasteiger partial charge >= 0.3 is 17.9 Å². The highest BCUT2D eigenvalue weighted by atomic mass is 35.5. The number of benzene rings is 1. The summed E-state index contributed by atoms with van der Waals surface area (Å²) in [6.45, 7) is 2.95. The second-order valence-corrected chi connectivity index (χ2v) is 7.78. The number of carbonyl (C=O) groups excluding carboxylic acids is 4. The van der Waals surface area contributed by atoms with Crippen LogP contribution < -0.4 is 10.1 Å². The molecule has 184 valence electrons. The lowest BCUT2D eigenvalue weighted by Crippen LogP contribution is -2.39. The lowest BCUT2D eigenvalue weighted by Gasteiger charge is -2.28. The van der Waals surface area contributed by atoms with Gasteiger partial charge in [0.05, 0.1) is 31.9 Å². The minimum atomic E-state index is -1.41. The zero-order valence-corrected chi connectivity index (χ0v) is 20.4.